The number of rotatable bonds is 8. The fourth-order valence-electron chi connectivity index (χ4n) is 1.50. The first kappa shape index (κ1) is 15.4. The van der Waals surface area contributed by atoms with E-state index in [2.05, 4.69) is 0 Å². The topological polar surface area (TPSA) is 49.8 Å². The number of ether oxygens (including phenoxy) is 1. The summed E-state index contributed by atoms with van der Waals surface area (Å²) in [6.07, 6.45) is 2.02. The molecule has 4 heteroatoms. The average Bonchev–Trinajstić information content (AvgIpc) is 2.25. The standard InChI is InChI=1S/C12H25NO3/c1-10(2)13(8-5-9-14)12(15)7-6-11(3)16-4/h10-11,14H,5-9H2,1-4H3. The molecular weight excluding hydrogens is 206 g/mol. The van der Waals surface area contributed by atoms with E-state index in [1.54, 1.807) is 7.11 Å². The first-order valence-electron chi connectivity index (χ1n) is 5.96. The molecule has 0 fully saturated rings. The summed E-state index contributed by atoms with van der Waals surface area (Å²) in [6.45, 7) is 6.71. The van der Waals surface area contributed by atoms with E-state index in [9.17, 15) is 4.79 Å². The zero-order valence-electron chi connectivity index (χ0n) is 10.9. The van der Waals surface area contributed by atoms with Crippen molar-refractivity contribution in [1.29, 1.82) is 0 Å². The Morgan fingerprint density at radius 1 is 1.38 bits per heavy atom. The molecule has 0 radical (unpaired) electrons. The molecule has 96 valence electrons. The Bertz CT molecular complexity index is 195. The minimum atomic E-state index is 0.121. The van der Waals surface area contributed by atoms with Crippen LogP contribution in [0.2, 0.25) is 0 Å². The molecular formula is C12H25NO3. The number of hydrogen-bond acceptors (Lipinski definition) is 3. The molecule has 1 N–H and O–H groups in total. The highest BCUT2D eigenvalue weighted by Gasteiger charge is 2.16. The van der Waals surface area contributed by atoms with Crippen LogP contribution in [0, 0.1) is 0 Å². The van der Waals surface area contributed by atoms with Gasteiger partial charge in [0.05, 0.1) is 6.10 Å². The van der Waals surface area contributed by atoms with Gasteiger partial charge >= 0.3 is 0 Å². The lowest BCUT2D eigenvalue weighted by Gasteiger charge is -2.27. The van der Waals surface area contributed by atoms with Gasteiger partial charge in [0.15, 0.2) is 0 Å². The van der Waals surface area contributed by atoms with E-state index in [-0.39, 0.29) is 24.7 Å². The van der Waals surface area contributed by atoms with Crippen LogP contribution in [0.25, 0.3) is 0 Å². The molecule has 1 unspecified atom stereocenters. The van der Waals surface area contributed by atoms with Crippen LogP contribution in [0.15, 0.2) is 0 Å². The Balaban J connectivity index is 4.06. The minimum absolute atomic E-state index is 0.121. The summed E-state index contributed by atoms with van der Waals surface area (Å²) in [5, 5.41) is 8.78. The highest BCUT2D eigenvalue weighted by Crippen LogP contribution is 2.07. The van der Waals surface area contributed by atoms with Crippen LogP contribution in [0.3, 0.4) is 0 Å². The van der Waals surface area contributed by atoms with Crippen molar-refractivity contribution >= 4 is 5.91 Å². The third-order valence-electron chi connectivity index (χ3n) is 2.67. The predicted molar refractivity (Wildman–Crippen MR) is 64.3 cm³/mol. The van der Waals surface area contributed by atoms with E-state index in [0.717, 1.165) is 6.42 Å². The Morgan fingerprint density at radius 2 is 2.00 bits per heavy atom. The molecule has 4 nitrogen and oxygen atoms in total. The van der Waals surface area contributed by atoms with Gasteiger partial charge in [-0.2, -0.15) is 0 Å². The van der Waals surface area contributed by atoms with Gasteiger partial charge in [-0.05, 0) is 33.6 Å². The Kier molecular flexibility index (Phi) is 8.21. The van der Waals surface area contributed by atoms with Gasteiger partial charge in [0.25, 0.3) is 0 Å². The van der Waals surface area contributed by atoms with Crippen LogP contribution >= 0.6 is 0 Å². The fraction of sp³-hybridized carbons (Fsp3) is 0.917. The van der Waals surface area contributed by atoms with Crippen LogP contribution in [-0.2, 0) is 9.53 Å². The maximum atomic E-state index is 11.9. The number of hydrogen-bond donors (Lipinski definition) is 1. The molecule has 0 aliphatic rings. The number of aliphatic hydroxyl groups is 1. The maximum absolute atomic E-state index is 11.9. The third kappa shape index (κ3) is 6.08. The van der Waals surface area contributed by atoms with E-state index in [4.69, 9.17) is 9.84 Å². The van der Waals surface area contributed by atoms with Gasteiger partial charge in [0.2, 0.25) is 5.91 Å². The van der Waals surface area contributed by atoms with Gasteiger partial charge in [-0.25, -0.2) is 0 Å². The summed E-state index contributed by atoms with van der Waals surface area (Å²) in [6, 6.07) is 0.192. The van der Waals surface area contributed by atoms with E-state index in [1.165, 1.54) is 0 Å². The summed E-state index contributed by atoms with van der Waals surface area (Å²) in [4.78, 5) is 13.7. The smallest absolute Gasteiger partial charge is 0.222 e. The summed E-state index contributed by atoms with van der Waals surface area (Å²) in [5.74, 6) is 0.146. The zero-order chi connectivity index (χ0) is 12.6. The minimum Gasteiger partial charge on any atom is -0.396 e. The molecule has 0 spiro atoms. The van der Waals surface area contributed by atoms with E-state index >= 15 is 0 Å². The van der Waals surface area contributed by atoms with Crippen molar-refractivity contribution in [3.8, 4) is 0 Å². The normalized spacial score (nSPS) is 12.9. The van der Waals surface area contributed by atoms with Crippen molar-refractivity contribution in [2.45, 2.75) is 52.2 Å². The first-order valence-corrected chi connectivity index (χ1v) is 5.96. The van der Waals surface area contributed by atoms with Crippen LogP contribution in [-0.4, -0.2) is 48.3 Å². The highest BCUT2D eigenvalue weighted by molar-refractivity contribution is 5.76. The van der Waals surface area contributed by atoms with Crippen molar-refractivity contribution in [2.24, 2.45) is 0 Å². The number of methoxy groups -OCH3 is 1. The molecule has 0 bridgehead atoms. The zero-order valence-corrected chi connectivity index (χ0v) is 10.9. The molecule has 0 rings (SSSR count). The van der Waals surface area contributed by atoms with Crippen LogP contribution in [0.4, 0.5) is 0 Å². The first-order chi connectivity index (χ1) is 7.52. The number of amides is 1. The van der Waals surface area contributed by atoms with Crippen molar-refractivity contribution in [1.82, 2.24) is 4.90 Å². The molecule has 16 heavy (non-hydrogen) atoms. The van der Waals surface area contributed by atoms with Crippen LogP contribution in [0.5, 0.6) is 0 Å². The summed E-state index contributed by atoms with van der Waals surface area (Å²) >= 11 is 0. The number of aliphatic hydroxyl groups excluding tert-OH is 1. The van der Waals surface area contributed by atoms with Gasteiger partial charge in [0.1, 0.15) is 0 Å². The molecule has 0 saturated heterocycles. The summed E-state index contributed by atoms with van der Waals surface area (Å²) < 4.78 is 5.11. The van der Waals surface area contributed by atoms with E-state index < -0.39 is 0 Å². The monoisotopic (exact) mass is 231 g/mol. The Hall–Kier alpha value is -0.610. The number of carbonyl (C=O) groups is 1. The van der Waals surface area contributed by atoms with Crippen molar-refractivity contribution in [2.75, 3.05) is 20.3 Å². The van der Waals surface area contributed by atoms with Crippen molar-refractivity contribution < 1.29 is 14.6 Å². The lowest BCUT2D eigenvalue weighted by molar-refractivity contribution is -0.133. The molecule has 0 saturated carbocycles. The lowest BCUT2D eigenvalue weighted by Crippen LogP contribution is -2.38. The Labute approximate surface area is 98.6 Å². The second kappa shape index (κ2) is 8.53. The highest BCUT2D eigenvalue weighted by atomic mass is 16.5. The summed E-state index contributed by atoms with van der Waals surface area (Å²) in [7, 11) is 1.65. The van der Waals surface area contributed by atoms with E-state index in [1.807, 2.05) is 25.7 Å². The van der Waals surface area contributed by atoms with Gasteiger partial charge < -0.3 is 14.7 Å². The van der Waals surface area contributed by atoms with Crippen LogP contribution < -0.4 is 0 Å². The number of nitrogens with zero attached hydrogens (tertiary/aromatic N) is 1. The largest absolute Gasteiger partial charge is 0.396 e. The van der Waals surface area contributed by atoms with Gasteiger partial charge in [0, 0.05) is 32.7 Å². The molecule has 0 aromatic rings. The average molecular weight is 231 g/mol. The fourth-order valence-corrected chi connectivity index (χ4v) is 1.50. The lowest BCUT2D eigenvalue weighted by atomic mass is 10.1. The van der Waals surface area contributed by atoms with Gasteiger partial charge in [-0.3, -0.25) is 4.79 Å². The molecule has 0 aromatic carbocycles. The molecule has 1 amide bonds. The maximum Gasteiger partial charge on any atom is 0.222 e. The van der Waals surface area contributed by atoms with Crippen molar-refractivity contribution in [3.63, 3.8) is 0 Å². The molecule has 0 aliphatic carbocycles. The molecule has 0 heterocycles. The predicted octanol–water partition coefficient (Wildman–Crippen LogP) is 1.42. The Morgan fingerprint density at radius 3 is 2.44 bits per heavy atom. The quantitative estimate of drug-likeness (QED) is 0.687. The number of carbonyl (C=O) groups excluding carboxylic acids is 1. The van der Waals surface area contributed by atoms with Crippen molar-refractivity contribution in [3.05, 3.63) is 0 Å². The summed E-state index contributed by atoms with van der Waals surface area (Å²) in [5.41, 5.74) is 0. The molecule has 1 atom stereocenters. The van der Waals surface area contributed by atoms with Gasteiger partial charge in [-0.15, -0.1) is 0 Å². The third-order valence-corrected chi connectivity index (χ3v) is 2.67. The molecule has 0 aliphatic heterocycles. The van der Waals surface area contributed by atoms with Crippen LogP contribution in [0.1, 0.15) is 40.0 Å². The van der Waals surface area contributed by atoms with E-state index in [0.29, 0.717) is 19.4 Å². The SMILES string of the molecule is COC(C)CCC(=O)N(CCCO)C(C)C. The molecule has 0 aromatic heterocycles. The second-order valence-electron chi connectivity index (χ2n) is 4.34. The second-order valence-corrected chi connectivity index (χ2v) is 4.34. The van der Waals surface area contributed by atoms with Gasteiger partial charge in [-0.1, -0.05) is 0 Å².